The summed E-state index contributed by atoms with van der Waals surface area (Å²) in [4.78, 5) is 4.27. The van der Waals surface area contributed by atoms with Gasteiger partial charge in [0.1, 0.15) is 5.82 Å². The Labute approximate surface area is 98.7 Å². The fourth-order valence-electron chi connectivity index (χ4n) is 1.89. The third-order valence-electron chi connectivity index (χ3n) is 2.75. The summed E-state index contributed by atoms with van der Waals surface area (Å²) in [6, 6.07) is 9.91. The van der Waals surface area contributed by atoms with E-state index in [0.717, 1.165) is 22.0 Å². The molecule has 0 spiro atoms. The Hall–Kier alpha value is -2.36. The number of rotatable bonds is 1. The van der Waals surface area contributed by atoms with Gasteiger partial charge in [-0.1, -0.05) is 6.07 Å². The van der Waals surface area contributed by atoms with Crippen LogP contribution < -0.4 is 5.73 Å². The molecule has 0 aliphatic heterocycles. The average Bonchev–Trinajstić information content (AvgIpc) is 2.75. The zero-order chi connectivity index (χ0) is 11.8. The Morgan fingerprint density at radius 2 is 2.00 bits per heavy atom. The molecule has 0 unspecified atom stereocenters. The quantitative estimate of drug-likeness (QED) is 0.689. The smallest absolute Gasteiger partial charge is 0.124 e. The van der Waals surface area contributed by atoms with Gasteiger partial charge in [0.25, 0.3) is 0 Å². The van der Waals surface area contributed by atoms with Crippen molar-refractivity contribution >= 4 is 16.7 Å². The normalized spacial score (nSPS) is 10.9. The van der Waals surface area contributed by atoms with E-state index in [2.05, 4.69) is 16.1 Å². The zero-order valence-electron chi connectivity index (χ0n) is 9.46. The molecule has 4 heteroatoms. The second-order valence-electron chi connectivity index (χ2n) is 4.05. The molecular weight excluding hydrogens is 212 g/mol. The summed E-state index contributed by atoms with van der Waals surface area (Å²) in [6.07, 6.45) is 3.85. The van der Waals surface area contributed by atoms with Gasteiger partial charge in [-0.05, 0) is 29.8 Å². The Kier molecular flexibility index (Phi) is 2.08. The zero-order valence-corrected chi connectivity index (χ0v) is 9.46. The van der Waals surface area contributed by atoms with Crippen molar-refractivity contribution in [3.8, 4) is 11.1 Å². The van der Waals surface area contributed by atoms with E-state index in [1.54, 1.807) is 4.68 Å². The van der Waals surface area contributed by atoms with Gasteiger partial charge in [0, 0.05) is 24.2 Å². The minimum Gasteiger partial charge on any atom is -0.384 e. The van der Waals surface area contributed by atoms with Crippen LogP contribution in [0.15, 0.2) is 42.7 Å². The molecule has 3 aromatic rings. The molecule has 0 aliphatic carbocycles. The van der Waals surface area contributed by atoms with Crippen molar-refractivity contribution in [2.75, 3.05) is 5.73 Å². The number of pyridine rings is 1. The predicted octanol–water partition coefficient (Wildman–Crippen LogP) is 2.22. The number of fused-ring (bicyclic) bond motifs is 1. The summed E-state index contributed by atoms with van der Waals surface area (Å²) in [5, 5.41) is 5.25. The molecule has 2 heterocycles. The molecule has 0 fully saturated rings. The van der Waals surface area contributed by atoms with Crippen molar-refractivity contribution in [2.24, 2.45) is 7.05 Å². The molecule has 0 radical (unpaired) electrons. The van der Waals surface area contributed by atoms with Gasteiger partial charge in [-0.25, -0.2) is 4.98 Å². The average molecular weight is 224 g/mol. The van der Waals surface area contributed by atoms with Crippen molar-refractivity contribution in [1.82, 2.24) is 14.8 Å². The van der Waals surface area contributed by atoms with E-state index in [1.165, 1.54) is 0 Å². The van der Waals surface area contributed by atoms with Crippen LogP contribution in [0.25, 0.3) is 22.0 Å². The number of aromatic nitrogens is 3. The molecule has 0 bridgehead atoms. The van der Waals surface area contributed by atoms with E-state index in [1.807, 2.05) is 43.7 Å². The van der Waals surface area contributed by atoms with Crippen LogP contribution in [0.5, 0.6) is 0 Å². The molecule has 0 amide bonds. The van der Waals surface area contributed by atoms with Crippen LogP contribution in [-0.4, -0.2) is 14.8 Å². The maximum atomic E-state index is 5.65. The first-order valence-electron chi connectivity index (χ1n) is 5.38. The molecule has 0 atom stereocenters. The molecule has 3 rings (SSSR count). The number of hydrogen-bond donors (Lipinski definition) is 1. The maximum absolute atomic E-state index is 5.65. The number of aryl methyl sites for hydroxylation is 1. The van der Waals surface area contributed by atoms with E-state index in [4.69, 9.17) is 5.73 Å². The van der Waals surface area contributed by atoms with E-state index >= 15 is 0 Å². The monoisotopic (exact) mass is 224 g/mol. The van der Waals surface area contributed by atoms with Gasteiger partial charge >= 0.3 is 0 Å². The molecule has 0 saturated heterocycles. The molecule has 0 saturated carbocycles. The Bertz CT molecular complexity index is 685. The molecule has 2 aromatic heterocycles. The third-order valence-corrected chi connectivity index (χ3v) is 2.75. The summed E-state index contributed by atoms with van der Waals surface area (Å²) in [5.41, 5.74) is 8.81. The van der Waals surface area contributed by atoms with E-state index in [9.17, 15) is 0 Å². The number of benzene rings is 1. The van der Waals surface area contributed by atoms with Gasteiger partial charge in [0.2, 0.25) is 0 Å². The van der Waals surface area contributed by atoms with Gasteiger partial charge < -0.3 is 5.73 Å². The van der Waals surface area contributed by atoms with Crippen molar-refractivity contribution in [1.29, 1.82) is 0 Å². The van der Waals surface area contributed by atoms with Crippen molar-refractivity contribution < 1.29 is 0 Å². The molecule has 17 heavy (non-hydrogen) atoms. The largest absolute Gasteiger partial charge is 0.384 e. The first kappa shape index (κ1) is 9.84. The number of hydrogen-bond acceptors (Lipinski definition) is 3. The Morgan fingerprint density at radius 3 is 2.76 bits per heavy atom. The number of nitrogen functional groups attached to an aromatic ring is 1. The molecule has 0 aliphatic rings. The van der Waals surface area contributed by atoms with Crippen LogP contribution in [0.1, 0.15) is 0 Å². The molecule has 4 nitrogen and oxygen atoms in total. The van der Waals surface area contributed by atoms with E-state index < -0.39 is 0 Å². The van der Waals surface area contributed by atoms with Crippen molar-refractivity contribution in [3.63, 3.8) is 0 Å². The van der Waals surface area contributed by atoms with Crippen LogP contribution in [0.4, 0.5) is 5.82 Å². The second-order valence-corrected chi connectivity index (χ2v) is 4.05. The minimum atomic E-state index is 0.548. The van der Waals surface area contributed by atoms with Gasteiger partial charge in [-0.3, -0.25) is 4.68 Å². The first-order chi connectivity index (χ1) is 8.22. The number of nitrogens with zero attached hydrogens (tertiary/aromatic N) is 3. The third kappa shape index (κ3) is 1.73. The van der Waals surface area contributed by atoms with Gasteiger partial charge in [-0.15, -0.1) is 0 Å². The highest BCUT2D eigenvalue weighted by Crippen LogP contribution is 2.23. The lowest BCUT2D eigenvalue weighted by molar-refractivity contribution is 0.768. The summed E-state index contributed by atoms with van der Waals surface area (Å²) in [7, 11) is 1.91. The fourth-order valence-corrected chi connectivity index (χ4v) is 1.89. The lowest BCUT2D eigenvalue weighted by Crippen LogP contribution is -1.89. The lowest BCUT2D eigenvalue weighted by atomic mass is 10.1. The molecular formula is C13H12N4. The lowest BCUT2D eigenvalue weighted by Gasteiger charge is -2.01. The van der Waals surface area contributed by atoms with Crippen LogP contribution in [-0.2, 0) is 7.05 Å². The summed E-state index contributed by atoms with van der Waals surface area (Å²) in [6.45, 7) is 0. The SMILES string of the molecule is Cn1cc(-c2ccc3nc(N)ccc3c2)cn1. The Balaban J connectivity index is 2.16. The van der Waals surface area contributed by atoms with Gasteiger partial charge in [0.15, 0.2) is 0 Å². The maximum Gasteiger partial charge on any atom is 0.124 e. The molecule has 2 N–H and O–H groups in total. The molecule has 1 aromatic carbocycles. The van der Waals surface area contributed by atoms with E-state index in [-0.39, 0.29) is 0 Å². The van der Waals surface area contributed by atoms with Crippen LogP contribution >= 0.6 is 0 Å². The standard InChI is InChI=1S/C13H12N4/c1-17-8-11(7-15-17)9-2-4-12-10(6-9)3-5-13(14)16-12/h2-8H,1H3,(H2,14,16). The van der Waals surface area contributed by atoms with Crippen molar-refractivity contribution in [3.05, 3.63) is 42.7 Å². The fraction of sp³-hybridized carbons (Fsp3) is 0.0769. The number of nitrogens with two attached hydrogens (primary N) is 1. The summed E-state index contributed by atoms with van der Waals surface area (Å²) in [5.74, 6) is 0.548. The second kappa shape index (κ2) is 3.59. The number of anilines is 1. The predicted molar refractivity (Wildman–Crippen MR) is 68.4 cm³/mol. The topological polar surface area (TPSA) is 56.7 Å². The van der Waals surface area contributed by atoms with Crippen LogP contribution in [0.2, 0.25) is 0 Å². The molecule has 84 valence electrons. The highest BCUT2D eigenvalue weighted by atomic mass is 15.2. The summed E-state index contributed by atoms with van der Waals surface area (Å²) < 4.78 is 1.79. The minimum absolute atomic E-state index is 0.548. The van der Waals surface area contributed by atoms with E-state index in [0.29, 0.717) is 5.82 Å². The first-order valence-corrected chi connectivity index (χ1v) is 5.38. The van der Waals surface area contributed by atoms with Gasteiger partial charge in [0.05, 0.1) is 11.7 Å². The Morgan fingerprint density at radius 1 is 1.12 bits per heavy atom. The summed E-state index contributed by atoms with van der Waals surface area (Å²) >= 11 is 0. The van der Waals surface area contributed by atoms with Crippen molar-refractivity contribution in [2.45, 2.75) is 0 Å². The van der Waals surface area contributed by atoms with Crippen LogP contribution in [0, 0.1) is 0 Å². The highest BCUT2D eigenvalue weighted by Gasteiger charge is 2.02. The highest BCUT2D eigenvalue weighted by molar-refractivity contribution is 5.85. The van der Waals surface area contributed by atoms with Crippen LogP contribution in [0.3, 0.4) is 0 Å². The van der Waals surface area contributed by atoms with Gasteiger partial charge in [-0.2, -0.15) is 5.10 Å².